The normalized spacial score (nSPS) is 14.2. The molecule has 0 spiro atoms. The van der Waals surface area contributed by atoms with Crippen molar-refractivity contribution in [2.24, 2.45) is 11.7 Å². The van der Waals surface area contributed by atoms with Crippen LogP contribution in [0.3, 0.4) is 0 Å². The summed E-state index contributed by atoms with van der Waals surface area (Å²) in [7, 11) is 4.12. The van der Waals surface area contributed by atoms with Gasteiger partial charge in [0.05, 0.1) is 0 Å². The molecule has 2 atom stereocenters. The summed E-state index contributed by atoms with van der Waals surface area (Å²) >= 11 is 0. The first kappa shape index (κ1) is 17.7. The Bertz CT molecular complexity index is 415. The fourth-order valence-corrected chi connectivity index (χ4v) is 2.73. The zero-order valence-electron chi connectivity index (χ0n) is 13.7. The Labute approximate surface area is 128 Å². The van der Waals surface area contributed by atoms with Gasteiger partial charge in [0.15, 0.2) is 0 Å². The molecule has 4 nitrogen and oxygen atoms in total. The number of carbonyl (C=O) groups is 1. The highest BCUT2D eigenvalue weighted by atomic mass is 16.2. The molecule has 0 aliphatic heterocycles. The molecular weight excluding hydrogens is 262 g/mol. The maximum atomic E-state index is 12.2. The zero-order valence-corrected chi connectivity index (χ0v) is 13.7. The zero-order chi connectivity index (χ0) is 15.8. The van der Waals surface area contributed by atoms with Crippen molar-refractivity contribution in [2.45, 2.75) is 38.8 Å². The minimum Gasteiger partial charge on any atom is -0.353 e. The molecule has 0 fully saturated rings. The van der Waals surface area contributed by atoms with Crippen LogP contribution < -0.4 is 11.1 Å². The molecule has 1 unspecified atom stereocenters. The maximum Gasteiger partial charge on any atom is 0.241 e. The van der Waals surface area contributed by atoms with E-state index in [4.69, 9.17) is 5.73 Å². The van der Waals surface area contributed by atoms with E-state index in [1.54, 1.807) is 0 Å². The summed E-state index contributed by atoms with van der Waals surface area (Å²) in [6, 6.07) is 9.22. The average Bonchev–Trinajstić information content (AvgIpc) is 2.50. The molecule has 1 amide bonds. The minimum atomic E-state index is -0.601. The van der Waals surface area contributed by atoms with Gasteiger partial charge in [-0.1, -0.05) is 57.0 Å². The summed E-state index contributed by atoms with van der Waals surface area (Å²) in [5.74, 6) is 0.465. The van der Waals surface area contributed by atoms with Gasteiger partial charge in [-0.15, -0.1) is 0 Å². The SMILES string of the molecule is CCC(CC)C(CNC(=O)[C@H](N)c1ccccc1)N(C)C. The average molecular weight is 291 g/mol. The highest BCUT2D eigenvalue weighted by Crippen LogP contribution is 2.17. The molecule has 1 rings (SSSR count). The molecule has 0 radical (unpaired) electrons. The molecular formula is C17H29N3O. The monoisotopic (exact) mass is 291 g/mol. The Hall–Kier alpha value is -1.39. The first-order valence-electron chi connectivity index (χ1n) is 7.75. The third kappa shape index (κ3) is 5.14. The van der Waals surface area contributed by atoms with Crippen LogP contribution >= 0.6 is 0 Å². The van der Waals surface area contributed by atoms with Crippen molar-refractivity contribution in [2.75, 3.05) is 20.6 Å². The lowest BCUT2D eigenvalue weighted by molar-refractivity contribution is -0.122. The van der Waals surface area contributed by atoms with E-state index in [1.165, 1.54) is 0 Å². The van der Waals surface area contributed by atoms with Crippen molar-refractivity contribution in [3.05, 3.63) is 35.9 Å². The van der Waals surface area contributed by atoms with Crippen LogP contribution in [0.2, 0.25) is 0 Å². The number of benzene rings is 1. The molecule has 0 aliphatic carbocycles. The van der Waals surface area contributed by atoms with Crippen LogP contribution in [-0.2, 0) is 4.79 Å². The third-order valence-corrected chi connectivity index (χ3v) is 4.18. The van der Waals surface area contributed by atoms with Crippen molar-refractivity contribution < 1.29 is 4.79 Å². The highest BCUT2D eigenvalue weighted by Gasteiger charge is 2.23. The van der Waals surface area contributed by atoms with Crippen LogP contribution in [0.5, 0.6) is 0 Å². The lowest BCUT2D eigenvalue weighted by Gasteiger charge is -2.31. The van der Waals surface area contributed by atoms with E-state index >= 15 is 0 Å². The van der Waals surface area contributed by atoms with Crippen LogP contribution in [0.15, 0.2) is 30.3 Å². The summed E-state index contributed by atoms with van der Waals surface area (Å²) in [5.41, 5.74) is 6.86. The van der Waals surface area contributed by atoms with E-state index in [0.29, 0.717) is 18.5 Å². The van der Waals surface area contributed by atoms with E-state index in [1.807, 2.05) is 30.3 Å². The van der Waals surface area contributed by atoms with E-state index in [-0.39, 0.29) is 5.91 Å². The highest BCUT2D eigenvalue weighted by molar-refractivity contribution is 5.82. The van der Waals surface area contributed by atoms with Gasteiger partial charge in [-0.3, -0.25) is 4.79 Å². The van der Waals surface area contributed by atoms with E-state index in [2.05, 4.69) is 38.2 Å². The van der Waals surface area contributed by atoms with Crippen molar-refractivity contribution in [3.63, 3.8) is 0 Å². The molecule has 0 bridgehead atoms. The fraction of sp³-hybridized carbons (Fsp3) is 0.588. The topological polar surface area (TPSA) is 58.4 Å². The maximum absolute atomic E-state index is 12.2. The van der Waals surface area contributed by atoms with Gasteiger partial charge in [0.1, 0.15) is 6.04 Å². The molecule has 3 N–H and O–H groups in total. The standard InChI is InChI=1S/C17H29N3O/c1-5-13(6-2)15(20(3)4)12-19-17(21)16(18)14-10-8-7-9-11-14/h7-11,13,15-16H,5-6,12,18H2,1-4H3,(H,19,21)/t15?,16-/m1/s1. The van der Waals surface area contributed by atoms with Gasteiger partial charge in [-0.2, -0.15) is 0 Å². The smallest absolute Gasteiger partial charge is 0.241 e. The Kier molecular flexibility index (Phi) is 7.40. The van der Waals surface area contributed by atoms with Crippen LogP contribution in [0, 0.1) is 5.92 Å². The van der Waals surface area contributed by atoms with Crippen LogP contribution in [0.25, 0.3) is 0 Å². The number of amides is 1. The predicted octanol–water partition coefficient (Wildman–Crippen LogP) is 2.17. The number of nitrogens with zero attached hydrogens (tertiary/aromatic N) is 1. The molecule has 0 saturated carbocycles. The van der Waals surface area contributed by atoms with Gasteiger partial charge in [0.25, 0.3) is 0 Å². The molecule has 4 heteroatoms. The van der Waals surface area contributed by atoms with Crippen LogP contribution in [0.4, 0.5) is 0 Å². The van der Waals surface area contributed by atoms with E-state index in [0.717, 1.165) is 18.4 Å². The molecule has 21 heavy (non-hydrogen) atoms. The minimum absolute atomic E-state index is 0.112. The summed E-state index contributed by atoms with van der Waals surface area (Å²) in [6.45, 7) is 5.03. The first-order valence-corrected chi connectivity index (χ1v) is 7.75. The summed E-state index contributed by atoms with van der Waals surface area (Å²) in [4.78, 5) is 14.4. The second-order valence-electron chi connectivity index (χ2n) is 5.74. The molecule has 1 aromatic carbocycles. The van der Waals surface area contributed by atoms with Gasteiger partial charge in [0, 0.05) is 12.6 Å². The van der Waals surface area contributed by atoms with Crippen LogP contribution in [0.1, 0.15) is 38.3 Å². The van der Waals surface area contributed by atoms with Crippen molar-refractivity contribution in [1.29, 1.82) is 0 Å². The molecule has 118 valence electrons. The fourth-order valence-electron chi connectivity index (χ4n) is 2.73. The number of hydrogen-bond acceptors (Lipinski definition) is 3. The van der Waals surface area contributed by atoms with Crippen molar-refractivity contribution in [1.82, 2.24) is 10.2 Å². The largest absolute Gasteiger partial charge is 0.353 e. The summed E-state index contributed by atoms with van der Waals surface area (Å²) in [6.07, 6.45) is 2.22. The Balaban J connectivity index is 2.61. The molecule has 1 aromatic rings. The number of nitrogens with two attached hydrogens (primary N) is 1. The number of carbonyl (C=O) groups excluding carboxylic acids is 1. The van der Waals surface area contributed by atoms with Gasteiger partial charge in [-0.05, 0) is 25.6 Å². The Morgan fingerprint density at radius 3 is 2.24 bits per heavy atom. The number of rotatable bonds is 8. The van der Waals surface area contributed by atoms with Gasteiger partial charge >= 0.3 is 0 Å². The van der Waals surface area contributed by atoms with Crippen molar-refractivity contribution in [3.8, 4) is 0 Å². The molecule has 0 aliphatic rings. The Morgan fingerprint density at radius 2 is 1.76 bits per heavy atom. The summed E-state index contributed by atoms with van der Waals surface area (Å²) in [5, 5.41) is 3.01. The van der Waals surface area contributed by atoms with E-state index < -0.39 is 6.04 Å². The van der Waals surface area contributed by atoms with E-state index in [9.17, 15) is 4.79 Å². The quantitative estimate of drug-likeness (QED) is 0.772. The van der Waals surface area contributed by atoms with Crippen LogP contribution in [-0.4, -0.2) is 37.5 Å². The second kappa shape index (κ2) is 8.80. The molecule has 0 heterocycles. The second-order valence-corrected chi connectivity index (χ2v) is 5.74. The number of nitrogens with one attached hydrogen (secondary N) is 1. The molecule has 0 saturated heterocycles. The predicted molar refractivity (Wildman–Crippen MR) is 87.9 cm³/mol. The molecule has 0 aromatic heterocycles. The lowest BCUT2D eigenvalue weighted by Crippen LogP contribution is -2.46. The van der Waals surface area contributed by atoms with Gasteiger partial charge in [-0.25, -0.2) is 0 Å². The van der Waals surface area contributed by atoms with Gasteiger partial charge in [0.2, 0.25) is 5.91 Å². The number of hydrogen-bond donors (Lipinski definition) is 2. The van der Waals surface area contributed by atoms with Crippen molar-refractivity contribution >= 4 is 5.91 Å². The number of likely N-dealkylation sites (N-methyl/N-ethyl adjacent to an activating group) is 1. The lowest BCUT2D eigenvalue weighted by atomic mass is 9.93. The third-order valence-electron chi connectivity index (χ3n) is 4.18. The Morgan fingerprint density at radius 1 is 1.19 bits per heavy atom. The first-order chi connectivity index (χ1) is 10.0. The van der Waals surface area contributed by atoms with Gasteiger partial charge < -0.3 is 16.0 Å². The summed E-state index contributed by atoms with van der Waals surface area (Å²) < 4.78 is 0.